The molecular weight excluding hydrogens is 208 g/mol. The fraction of sp³-hybridized carbons (Fsp3) is 0.273. The van der Waals surface area contributed by atoms with E-state index in [9.17, 15) is 0 Å². The molecule has 0 unspecified atom stereocenters. The zero-order valence-electron chi connectivity index (χ0n) is 8.94. The van der Waals surface area contributed by atoms with Crippen LogP contribution < -0.4 is 4.74 Å². The molecule has 0 atom stereocenters. The summed E-state index contributed by atoms with van der Waals surface area (Å²) in [6, 6.07) is 7.49. The third kappa shape index (κ3) is 2.67. The Morgan fingerprint density at radius 2 is 2.13 bits per heavy atom. The molecule has 0 N–H and O–H groups in total. The molecule has 0 amide bonds. The number of thiocarbonyl (C=S) groups is 1. The number of rotatable bonds is 1. The summed E-state index contributed by atoms with van der Waals surface area (Å²) in [6.45, 7) is 1.88. The van der Waals surface area contributed by atoms with Gasteiger partial charge in [0, 0.05) is 14.1 Å². The van der Waals surface area contributed by atoms with Crippen molar-refractivity contribution < 1.29 is 4.74 Å². The lowest BCUT2D eigenvalue weighted by molar-refractivity contribution is 0.446. The minimum Gasteiger partial charge on any atom is -0.430 e. The summed E-state index contributed by atoms with van der Waals surface area (Å²) >= 11 is 5.02. The van der Waals surface area contributed by atoms with E-state index in [1.165, 1.54) is 0 Å². The maximum atomic E-state index is 8.91. The Morgan fingerprint density at radius 3 is 2.67 bits per heavy atom. The number of ether oxygens (including phenoxy) is 1. The average molecular weight is 220 g/mol. The number of hydrogen-bond donors (Lipinski definition) is 0. The van der Waals surface area contributed by atoms with Gasteiger partial charge in [-0.2, -0.15) is 5.26 Å². The maximum absolute atomic E-state index is 8.91. The normalized spacial score (nSPS) is 9.20. The molecule has 0 aliphatic carbocycles. The number of nitrogens with zero attached hydrogens (tertiary/aromatic N) is 2. The Hall–Kier alpha value is -1.60. The number of hydrogen-bond acceptors (Lipinski definition) is 3. The van der Waals surface area contributed by atoms with Gasteiger partial charge in [-0.25, -0.2) is 0 Å². The van der Waals surface area contributed by atoms with E-state index < -0.39 is 0 Å². The van der Waals surface area contributed by atoms with Crippen molar-refractivity contribution in [1.82, 2.24) is 4.90 Å². The average Bonchev–Trinajstić information content (AvgIpc) is 2.20. The van der Waals surface area contributed by atoms with Crippen LogP contribution in [-0.2, 0) is 0 Å². The highest BCUT2D eigenvalue weighted by molar-refractivity contribution is 7.80. The molecule has 3 nitrogen and oxygen atoms in total. The van der Waals surface area contributed by atoms with Crippen molar-refractivity contribution in [3.63, 3.8) is 0 Å². The van der Waals surface area contributed by atoms with E-state index in [2.05, 4.69) is 6.07 Å². The van der Waals surface area contributed by atoms with Crippen molar-refractivity contribution in [2.24, 2.45) is 0 Å². The molecule has 1 aromatic carbocycles. The Balaban J connectivity index is 3.04. The molecule has 1 rings (SSSR count). The van der Waals surface area contributed by atoms with Gasteiger partial charge in [0.2, 0.25) is 0 Å². The molecule has 0 bridgehead atoms. The van der Waals surface area contributed by atoms with Crippen molar-refractivity contribution in [2.45, 2.75) is 6.92 Å². The summed E-state index contributed by atoms with van der Waals surface area (Å²) in [6.07, 6.45) is 0. The molecule has 15 heavy (non-hydrogen) atoms. The second kappa shape index (κ2) is 4.76. The smallest absolute Gasteiger partial charge is 0.264 e. The van der Waals surface area contributed by atoms with Gasteiger partial charge < -0.3 is 9.64 Å². The Kier molecular flexibility index (Phi) is 3.64. The van der Waals surface area contributed by atoms with E-state index in [-0.39, 0.29) is 0 Å². The van der Waals surface area contributed by atoms with E-state index in [1.807, 2.05) is 19.1 Å². The highest BCUT2D eigenvalue weighted by Gasteiger charge is 2.10. The van der Waals surface area contributed by atoms with Gasteiger partial charge in [0.1, 0.15) is 6.07 Å². The SMILES string of the molecule is Cc1cccc(C#N)c1OC(=S)N(C)C. The minimum atomic E-state index is 0.348. The van der Waals surface area contributed by atoms with E-state index in [0.29, 0.717) is 16.5 Å². The monoisotopic (exact) mass is 220 g/mol. The van der Waals surface area contributed by atoms with Crippen LogP contribution >= 0.6 is 12.2 Å². The quantitative estimate of drug-likeness (QED) is 0.679. The fourth-order valence-electron chi connectivity index (χ4n) is 1.05. The summed E-state index contributed by atoms with van der Waals surface area (Å²) in [5, 5.41) is 9.26. The van der Waals surface area contributed by atoms with Crippen LogP contribution in [0, 0.1) is 18.3 Å². The highest BCUT2D eigenvalue weighted by atomic mass is 32.1. The first-order valence-electron chi connectivity index (χ1n) is 4.45. The van der Waals surface area contributed by atoms with E-state index in [1.54, 1.807) is 25.1 Å². The van der Waals surface area contributed by atoms with Crippen LogP contribution in [0.15, 0.2) is 18.2 Å². The van der Waals surface area contributed by atoms with Crippen LogP contribution in [0.5, 0.6) is 5.75 Å². The molecule has 1 aromatic rings. The molecule has 0 saturated heterocycles. The highest BCUT2D eigenvalue weighted by Crippen LogP contribution is 2.22. The molecular formula is C11H12N2OS. The van der Waals surface area contributed by atoms with Gasteiger partial charge in [0.15, 0.2) is 5.75 Å². The van der Waals surface area contributed by atoms with Crippen molar-refractivity contribution in [3.05, 3.63) is 29.3 Å². The third-order valence-corrected chi connectivity index (χ3v) is 2.34. The Labute approximate surface area is 94.9 Å². The molecule has 0 radical (unpaired) electrons. The lowest BCUT2D eigenvalue weighted by Gasteiger charge is -2.16. The summed E-state index contributed by atoms with van der Waals surface area (Å²) in [7, 11) is 3.60. The zero-order chi connectivity index (χ0) is 11.4. The number of aryl methyl sites for hydroxylation is 1. The van der Waals surface area contributed by atoms with Crippen molar-refractivity contribution in [1.29, 1.82) is 5.26 Å². The van der Waals surface area contributed by atoms with Crippen LogP contribution in [0.3, 0.4) is 0 Å². The van der Waals surface area contributed by atoms with Gasteiger partial charge in [0.05, 0.1) is 5.56 Å². The largest absolute Gasteiger partial charge is 0.430 e. The summed E-state index contributed by atoms with van der Waals surface area (Å²) in [4.78, 5) is 1.68. The molecule has 4 heteroatoms. The van der Waals surface area contributed by atoms with E-state index >= 15 is 0 Å². The molecule has 0 spiro atoms. The van der Waals surface area contributed by atoms with Gasteiger partial charge in [-0.05, 0) is 30.8 Å². The molecule has 0 saturated carbocycles. The number of nitriles is 1. The fourth-order valence-corrected chi connectivity index (χ4v) is 1.14. The standard InChI is InChI=1S/C11H12N2OS/c1-8-5-4-6-9(7-12)10(8)14-11(15)13(2)3/h4-6H,1-3H3. The van der Waals surface area contributed by atoms with Crippen molar-refractivity contribution >= 4 is 17.4 Å². The van der Waals surface area contributed by atoms with Gasteiger partial charge in [-0.15, -0.1) is 0 Å². The van der Waals surface area contributed by atoms with E-state index in [4.69, 9.17) is 22.2 Å². The predicted octanol–water partition coefficient (Wildman–Crippen LogP) is 2.09. The molecule has 0 fully saturated rings. The number of benzene rings is 1. The Morgan fingerprint density at radius 1 is 1.47 bits per heavy atom. The predicted molar refractivity (Wildman–Crippen MR) is 62.8 cm³/mol. The zero-order valence-corrected chi connectivity index (χ0v) is 9.76. The van der Waals surface area contributed by atoms with Crippen LogP contribution in [0.4, 0.5) is 0 Å². The van der Waals surface area contributed by atoms with Gasteiger partial charge >= 0.3 is 0 Å². The Bertz CT molecular complexity index is 421. The molecule has 0 aromatic heterocycles. The lowest BCUT2D eigenvalue weighted by atomic mass is 10.1. The molecule has 0 heterocycles. The lowest BCUT2D eigenvalue weighted by Crippen LogP contribution is -2.25. The van der Waals surface area contributed by atoms with Gasteiger partial charge in [0.25, 0.3) is 5.17 Å². The van der Waals surface area contributed by atoms with Crippen LogP contribution in [0.1, 0.15) is 11.1 Å². The van der Waals surface area contributed by atoms with Crippen molar-refractivity contribution in [2.75, 3.05) is 14.1 Å². The first-order valence-corrected chi connectivity index (χ1v) is 4.86. The minimum absolute atomic E-state index is 0.348. The number of para-hydroxylation sites is 1. The third-order valence-electron chi connectivity index (χ3n) is 1.89. The van der Waals surface area contributed by atoms with Crippen LogP contribution in [0.2, 0.25) is 0 Å². The molecule has 0 aliphatic heterocycles. The summed E-state index contributed by atoms with van der Waals surface area (Å²) in [5.41, 5.74) is 1.40. The van der Waals surface area contributed by atoms with Crippen LogP contribution in [0.25, 0.3) is 0 Å². The van der Waals surface area contributed by atoms with Gasteiger partial charge in [-0.1, -0.05) is 12.1 Å². The van der Waals surface area contributed by atoms with Crippen LogP contribution in [-0.4, -0.2) is 24.2 Å². The topological polar surface area (TPSA) is 36.3 Å². The van der Waals surface area contributed by atoms with Gasteiger partial charge in [-0.3, -0.25) is 0 Å². The second-order valence-corrected chi connectivity index (χ2v) is 3.68. The van der Waals surface area contributed by atoms with Crippen molar-refractivity contribution in [3.8, 4) is 11.8 Å². The summed E-state index contributed by atoms with van der Waals surface area (Å²) in [5.74, 6) is 0.540. The molecule has 0 aliphatic rings. The molecule has 78 valence electrons. The first-order chi connectivity index (χ1) is 7.06. The first kappa shape index (κ1) is 11.5. The maximum Gasteiger partial charge on any atom is 0.264 e. The van der Waals surface area contributed by atoms with E-state index in [0.717, 1.165) is 5.56 Å². The second-order valence-electron chi connectivity index (χ2n) is 3.33. The summed E-state index contributed by atoms with van der Waals surface area (Å²) < 4.78 is 5.46.